The Labute approximate surface area is 101 Å². The first-order valence-electron chi connectivity index (χ1n) is 7.32. The Bertz CT molecular complexity index is 197. The molecule has 1 unspecified atom stereocenters. The molecule has 0 spiro atoms. The zero-order chi connectivity index (χ0) is 11.4. The van der Waals surface area contributed by atoms with Crippen LogP contribution in [0.3, 0.4) is 0 Å². The Balaban J connectivity index is 1.60. The van der Waals surface area contributed by atoms with Gasteiger partial charge >= 0.3 is 0 Å². The molecule has 0 saturated heterocycles. The van der Waals surface area contributed by atoms with Crippen LogP contribution in [-0.2, 0) is 0 Å². The van der Waals surface area contributed by atoms with Gasteiger partial charge in [0, 0.05) is 25.2 Å². The number of hydrogen-bond acceptors (Lipinski definition) is 2. The van der Waals surface area contributed by atoms with E-state index in [0.717, 1.165) is 18.0 Å². The molecule has 2 nitrogen and oxygen atoms in total. The van der Waals surface area contributed by atoms with Crippen LogP contribution in [0.2, 0.25) is 0 Å². The number of nitrogens with zero attached hydrogens (tertiary/aromatic N) is 1. The lowest BCUT2D eigenvalue weighted by atomic mass is 10.1. The van der Waals surface area contributed by atoms with Crippen molar-refractivity contribution < 1.29 is 0 Å². The van der Waals surface area contributed by atoms with Crippen LogP contribution in [-0.4, -0.2) is 36.6 Å². The SMILES string of the molecule is CCCC(NCCN(CC)C1CC1)C1CC1. The molecule has 0 aliphatic heterocycles. The van der Waals surface area contributed by atoms with Gasteiger partial charge in [0.1, 0.15) is 0 Å². The van der Waals surface area contributed by atoms with Crippen LogP contribution >= 0.6 is 0 Å². The van der Waals surface area contributed by atoms with Gasteiger partial charge in [-0.1, -0.05) is 20.3 Å². The highest BCUT2D eigenvalue weighted by Gasteiger charge is 2.31. The van der Waals surface area contributed by atoms with Gasteiger partial charge in [0.25, 0.3) is 0 Å². The minimum absolute atomic E-state index is 0.822. The van der Waals surface area contributed by atoms with E-state index in [2.05, 4.69) is 24.1 Å². The monoisotopic (exact) mass is 224 g/mol. The van der Waals surface area contributed by atoms with Crippen molar-refractivity contribution in [1.82, 2.24) is 10.2 Å². The van der Waals surface area contributed by atoms with Gasteiger partial charge in [-0.05, 0) is 44.6 Å². The van der Waals surface area contributed by atoms with Crippen molar-refractivity contribution in [3.8, 4) is 0 Å². The fraction of sp³-hybridized carbons (Fsp3) is 1.00. The van der Waals surface area contributed by atoms with Crippen LogP contribution in [0, 0.1) is 5.92 Å². The largest absolute Gasteiger partial charge is 0.312 e. The van der Waals surface area contributed by atoms with Gasteiger partial charge in [0.15, 0.2) is 0 Å². The van der Waals surface area contributed by atoms with Gasteiger partial charge < -0.3 is 5.32 Å². The van der Waals surface area contributed by atoms with Crippen molar-refractivity contribution in [2.24, 2.45) is 5.92 Å². The minimum Gasteiger partial charge on any atom is -0.312 e. The fourth-order valence-corrected chi connectivity index (χ4v) is 2.75. The fourth-order valence-electron chi connectivity index (χ4n) is 2.75. The maximum absolute atomic E-state index is 3.79. The first-order chi connectivity index (χ1) is 7.85. The molecule has 2 heteroatoms. The van der Waals surface area contributed by atoms with Crippen LogP contribution in [0.15, 0.2) is 0 Å². The summed E-state index contributed by atoms with van der Waals surface area (Å²) in [5.74, 6) is 1.01. The zero-order valence-electron chi connectivity index (χ0n) is 11.0. The lowest BCUT2D eigenvalue weighted by molar-refractivity contribution is 0.267. The van der Waals surface area contributed by atoms with Gasteiger partial charge in [-0.3, -0.25) is 4.90 Å². The van der Waals surface area contributed by atoms with Gasteiger partial charge in [-0.15, -0.1) is 0 Å². The summed E-state index contributed by atoms with van der Waals surface area (Å²) in [7, 11) is 0. The average molecular weight is 224 g/mol. The molecule has 2 aliphatic rings. The van der Waals surface area contributed by atoms with Crippen LogP contribution in [0.5, 0.6) is 0 Å². The third-order valence-corrected chi connectivity index (χ3v) is 4.07. The molecule has 0 radical (unpaired) electrons. The van der Waals surface area contributed by atoms with E-state index in [4.69, 9.17) is 0 Å². The van der Waals surface area contributed by atoms with E-state index in [1.165, 1.54) is 58.2 Å². The van der Waals surface area contributed by atoms with E-state index in [1.807, 2.05) is 0 Å². The van der Waals surface area contributed by atoms with Crippen LogP contribution in [0.4, 0.5) is 0 Å². The van der Waals surface area contributed by atoms with Gasteiger partial charge in [-0.2, -0.15) is 0 Å². The first kappa shape index (κ1) is 12.4. The Morgan fingerprint density at radius 1 is 1.19 bits per heavy atom. The van der Waals surface area contributed by atoms with E-state index in [-0.39, 0.29) is 0 Å². The van der Waals surface area contributed by atoms with Crippen LogP contribution in [0.25, 0.3) is 0 Å². The van der Waals surface area contributed by atoms with Crippen LogP contribution < -0.4 is 5.32 Å². The van der Waals surface area contributed by atoms with E-state index in [1.54, 1.807) is 0 Å². The van der Waals surface area contributed by atoms with Crippen LogP contribution in [0.1, 0.15) is 52.4 Å². The number of rotatable bonds is 9. The number of hydrogen-bond donors (Lipinski definition) is 1. The van der Waals surface area contributed by atoms with E-state index >= 15 is 0 Å². The van der Waals surface area contributed by atoms with E-state index in [9.17, 15) is 0 Å². The maximum Gasteiger partial charge on any atom is 0.0110 e. The summed E-state index contributed by atoms with van der Waals surface area (Å²) in [6.07, 6.45) is 8.52. The molecule has 2 saturated carbocycles. The lowest BCUT2D eigenvalue weighted by Crippen LogP contribution is -2.39. The molecule has 0 heterocycles. The van der Waals surface area contributed by atoms with Crippen molar-refractivity contribution in [3.05, 3.63) is 0 Å². The molecule has 94 valence electrons. The molecule has 2 rings (SSSR count). The van der Waals surface area contributed by atoms with Gasteiger partial charge in [0.2, 0.25) is 0 Å². The molecule has 0 amide bonds. The first-order valence-corrected chi connectivity index (χ1v) is 7.32. The summed E-state index contributed by atoms with van der Waals surface area (Å²) < 4.78 is 0. The Morgan fingerprint density at radius 2 is 1.94 bits per heavy atom. The third kappa shape index (κ3) is 3.74. The molecule has 1 N–H and O–H groups in total. The van der Waals surface area contributed by atoms with Gasteiger partial charge in [-0.25, -0.2) is 0 Å². The summed E-state index contributed by atoms with van der Waals surface area (Å²) in [6.45, 7) is 8.29. The van der Waals surface area contributed by atoms with E-state index in [0.29, 0.717) is 0 Å². The topological polar surface area (TPSA) is 15.3 Å². The lowest BCUT2D eigenvalue weighted by Gasteiger charge is -2.23. The second-order valence-corrected chi connectivity index (χ2v) is 5.55. The second kappa shape index (κ2) is 6.02. The standard InChI is InChI=1S/C14H28N2/c1-3-5-14(12-6-7-12)15-10-11-16(4-2)13-8-9-13/h12-15H,3-11H2,1-2H3. The summed E-state index contributed by atoms with van der Waals surface area (Å²) in [5, 5.41) is 3.79. The quantitative estimate of drug-likeness (QED) is 0.648. The van der Waals surface area contributed by atoms with Crippen molar-refractivity contribution in [3.63, 3.8) is 0 Å². The Morgan fingerprint density at radius 3 is 2.44 bits per heavy atom. The predicted octanol–water partition coefficient (Wildman–Crippen LogP) is 2.64. The van der Waals surface area contributed by atoms with Crippen molar-refractivity contribution in [2.45, 2.75) is 64.5 Å². The number of likely N-dealkylation sites (N-methyl/N-ethyl adjacent to an activating group) is 1. The second-order valence-electron chi connectivity index (χ2n) is 5.55. The predicted molar refractivity (Wildman–Crippen MR) is 69.7 cm³/mol. The summed E-state index contributed by atoms with van der Waals surface area (Å²) in [4.78, 5) is 2.64. The van der Waals surface area contributed by atoms with Gasteiger partial charge in [0.05, 0.1) is 0 Å². The highest BCUT2D eigenvalue weighted by molar-refractivity contribution is 4.87. The molecule has 16 heavy (non-hydrogen) atoms. The molecule has 0 aromatic carbocycles. The zero-order valence-corrected chi connectivity index (χ0v) is 11.0. The van der Waals surface area contributed by atoms with Crippen molar-refractivity contribution >= 4 is 0 Å². The Kier molecular flexibility index (Phi) is 4.66. The summed E-state index contributed by atoms with van der Waals surface area (Å²) in [6, 6.07) is 1.75. The van der Waals surface area contributed by atoms with Crippen molar-refractivity contribution in [2.75, 3.05) is 19.6 Å². The Hall–Kier alpha value is -0.0800. The summed E-state index contributed by atoms with van der Waals surface area (Å²) in [5.41, 5.74) is 0. The minimum atomic E-state index is 0.822. The molecule has 2 aliphatic carbocycles. The molecule has 1 atom stereocenters. The average Bonchev–Trinajstić information content (AvgIpc) is 3.16. The molecule has 0 aromatic rings. The third-order valence-electron chi connectivity index (χ3n) is 4.07. The summed E-state index contributed by atoms with van der Waals surface area (Å²) >= 11 is 0. The maximum atomic E-state index is 3.79. The normalized spacial score (nSPS) is 22.7. The molecule has 0 bridgehead atoms. The molecular weight excluding hydrogens is 196 g/mol. The highest BCUT2D eigenvalue weighted by Crippen LogP contribution is 2.34. The molecular formula is C14H28N2. The smallest absolute Gasteiger partial charge is 0.0110 e. The molecule has 0 aromatic heterocycles. The van der Waals surface area contributed by atoms with E-state index < -0.39 is 0 Å². The molecule has 2 fully saturated rings. The highest BCUT2D eigenvalue weighted by atomic mass is 15.2. The van der Waals surface area contributed by atoms with Crippen molar-refractivity contribution in [1.29, 1.82) is 0 Å². The number of nitrogens with one attached hydrogen (secondary N) is 1.